The lowest BCUT2D eigenvalue weighted by atomic mass is 10.6. The predicted molar refractivity (Wildman–Crippen MR) is 32.5 cm³/mol. The topological polar surface area (TPSA) is 104 Å². The first-order valence-electron chi connectivity index (χ1n) is 2.67. The van der Waals surface area contributed by atoms with E-state index in [9.17, 15) is 0 Å². The molecule has 0 aliphatic rings. The monoisotopic (exact) mass is 144 g/mol. The summed E-state index contributed by atoms with van der Waals surface area (Å²) >= 11 is 0. The number of hydrogen-bond donors (Lipinski definition) is 3. The van der Waals surface area contributed by atoms with E-state index in [-0.39, 0.29) is 5.95 Å². The molecule has 0 aliphatic carbocycles. The van der Waals surface area contributed by atoms with E-state index >= 15 is 0 Å². The lowest BCUT2D eigenvalue weighted by Crippen LogP contribution is -2.40. The Morgan fingerprint density at radius 1 is 1.80 bits per heavy atom. The molecule has 1 unspecified atom stereocenters. The van der Waals surface area contributed by atoms with Gasteiger partial charge in [-0.1, -0.05) is 5.10 Å². The summed E-state index contributed by atoms with van der Waals surface area (Å²) in [5.74, 6) is 5.52. The molecule has 1 atom stereocenters. The van der Waals surface area contributed by atoms with Crippen LogP contribution in [0, 0.1) is 0 Å². The van der Waals surface area contributed by atoms with Crippen molar-refractivity contribution >= 4 is 5.95 Å². The minimum absolute atomic E-state index is 0.231. The number of anilines is 1. The van der Waals surface area contributed by atoms with Crippen LogP contribution in [0.2, 0.25) is 0 Å². The summed E-state index contributed by atoms with van der Waals surface area (Å²) in [6, 6.07) is 0. The maximum Gasteiger partial charge on any atom is 0.259 e. The molecular formula is C3H8N6O. The van der Waals surface area contributed by atoms with Gasteiger partial charge in [-0.25, -0.2) is 16.0 Å². The summed E-state index contributed by atoms with van der Waals surface area (Å²) in [4.78, 5) is 0. The first-order valence-corrected chi connectivity index (χ1v) is 2.67. The van der Waals surface area contributed by atoms with E-state index in [2.05, 4.69) is 20.6 Å². The highest BCUT2D eigenvalue weighted by atomic mass is 16.3. The third-order valence-electron chi connectivity index (χ3n) is 0.981. The fourth-order valence-corrected chi connectivity index (χ4v) is 0.441. The van der Waals surface area contributed by atoms with Crippen LogP contribution in [-0.4, -0.2) is 32.0 Å². The van der Waals surface area contributed by atoms with E-state index in [1.54, 1.807) is 0 Å². The van der Waals surface area contributed by atoms with E-state index in [1.165, 1.54) is 6.92 Å². The molecule has 1 aromatic heterocycles. The lowest BCUT2D eigenvalue weighted by molar-refractivity contribution is 0.187. The van der Waals surface area contributed by atoms with Gasteiger partial charge in [0.1, 0.15) is 6.23 Å². The molecule has 0 spiro atoms. The molecule has 1 heterocycles. The Labute approximate surface area is 56.8 Å². The first kappa shape index (κ1) is 6.90. The molecule has 0 bridgehead atoms. The second-order valence-electron chi connectivity index (χ2n) is 1.76. The summed E-state index contributed by atoms with van der Waals surface area (Å²) < 4.78 is 0. The van der Waals surface area contributed by atoms with Crippen LogP contribution < -0.4 is 10.9 Å². The molecule has 7 nitrogen and oxygen atoms in total. The van der Waals surface area contributed by atoms with Crippen LogP contribution in [0.1, 0.15) is 6.92 Å². The van der Waals surface area contributed by atoms with Crippen LogP contribution in [0.4, 0.5) is 5.95 Å². The van der Waals surface area contributed by atoms with Crippen LogP contribution in [0.3, 0.4) is 0 Å². The summed E-state index contributed by atoms with van der Waals surface area (Å²) in [6.45, 7) is 1.50. The van der Waals surface area contributed by atoms with E-state index in [4.69, 9.17) is 10.9 Å². The predicted octanol–water partition coefficient (Wildman–Crippen LogP) is -1.78. The van der Waals surface area contributed by atoms with Gasteiger partial charge in [-0.3, -0.25) is 0 Å². The Morgan fingerprint density at radius 3 is 2.90 bits per heavy atom. The fourth-order valence-electron chi connectivity index (χ4n) is 0.441. The molecule has 56 valence electrons. The van der Waals surface area contributed by atoms with Gasteiger partial charge >= 0.3 is 0 Å². The van der Waals surface area contributed by atoms with Crippen molar-refractivity contribution in [2.24, 2.45) is 5.84 Å². The highest BCUT2D eigenvalue weighted by Crippen LogP contribution is 1.98. The number of hydrogen-bond acceptors (Lipinski definition) is 6. The summed E-state index contributed by atoms with van der Waals surface area (Å²) in [5.41, 5.74) is 0. The third kappa shape index (κ3) is 1.20. The number of aromatic nitrogens is 4. The largest absolute Gasteiger partial charge is 0.372 e. The lowest BCUT2D eigenvalue weighted by Gasteiger charge is -2.16. The normalized spacial score (nSPS) is 13.1. The molecule has 0 saturated heterocycles. The molecule has 10 heavy (non-hydrogen) atoms. The quantitative estimate of drug-likeness (QED) is 0.257. The smallest absolute Gasteiger partial charge is 0.259 e. The van der Waals surface area contributed by atoms with Crippen LogP contribution in [0.5, 0.6) is 0 Å². The number of H-pyrrole nitrogens is 1. The maximum absolute atomic E-state index is 8.88. The van der Waals surface area contributed by atoms with Gasteiger partial charge in [0.25, 0.3) is 5.95 Å². The van der Waals surface area contributed by atoms with Crippen LogP contribution in [0.25, 0.3) is 0 Å². The van der Waals surface area contributed by atoms with E-state index in [1.807, 2.05) is 0 Å². The van der Waals surface area contributed by atoms with Gasteiger partial charge in [-0.05, 0) is 17.4 Å². The third-order valence-corrected chi connectivity index (χ3v) is 0.981. The Kier molecular flexibility index (Phi) is 1.78. The van der Waals surface area contributed by atoms with Crippen molar-refractivity contribution in [3.05, 3.63) is 0 Å². The van der Waals surface area contributed by atoms with E-state index < -0.39 is 6.23 Å². The first-order chi connectivity index (χ1) is 4.72. The zero-order valence-corrected chi connectivity index (χ0v) is 5.39. The number of nitrogens with two attached hydrogens (primary N) is 1. The standard InChI is InChI=1S/C3H8N6O/c1-2(10)9(4)3-5-7-8-6-3/h2,10H,4H2,1H3,(H,5,6,7,8). The average Bonchev–Trinajstić information content (AvgIpc) is 2.36. The summed E-state index contributed by atoms with van der Waals surface area (Å²) in [5, 5.41) is 22.3. The van der Waals surface area contributed by atoms with Crippen molar-refractivity contribution in [2.75, 3.05) is 5.01 Å². The average molecular weight is 144 g/mol. The Bertz CT molecular complexity index is 183. The fraction of sp³-hybridized carbons (Fsp3) is 0.667. The van der Waals surface area contributed by atoms with Crippen molar-refractivity contribution in [2.45, 2.75) is 13.2 Å². The van der Waals surface area contributed by atoms with Gasteiger partial charge < -0.3 is 5.11 Å². The minimum Gasteiger partial charge on any atom is -0.372 e. The highest BCUT2D eigenvalue weighted by molar-refractivity contribution is 5.22. The number of hydrazine groups is 1. The minimum atomic E-state index is -0.810. The van der Waals surface area contributed by atoms with E-state index in [0.717, 1.165) is 5.01 Å². The molecule has 0 aliphatic heterocycles. The molecule has 0 amide bonds. The summed E-state index contributed by atoms with van der Waals surface area (Å²) in [7, 11) is 0. The maximum atomic E-state index is 8.88. The molecule has 4 N–H and O–H groups in total. The molecule has 7 heteroatoms. The van der Waals surface area contributed by atoms with Crippen LogP contribution in [-0.2, 0) is 0 Å². The molecular weight excluding hydrogens is 136 g/mol. The Morgan fingerprint density at radius 2 is 2.50 bits per heavy atom. The summed E-state index contributed by atoms with van der Waals surface area (Å²) in [6.07, 6.45) is -0.810. The Balaban J connectivity index is 2.68. The highest BCUT2D eigenvalue weighted by Gasteiger charge is 2.09. The van der Waals surface area contributed by atoms with Crippen molar-refractivity contribution in [3.8, 4) is 0 Å². The van der Waals surface area contributed by atoms with Crippen molar-refractivity contribution in [3.63, 3.8) is 0 Å². The van der Waals surface area contributed by atoms with Gasteiger partial charge in [0.05, 0.1) is 0 Å². The molecule has 0 radical (unpaired) electrons. The second-order valence-corrected chi connectivity index (χ2v) is 1.76. The van der Waals surface area contributed by atoms with Crippen molar-refractivity contribution < 1.29 is 5.11 Å². The van der Waals surface area contributed by atoms with Crippen LogP contribution in [0.15, 0.2) is 0 Å². The SMILES string of the molecule is CC(O)N(N)c1nnn[nH]1. The number of aromatic amines is 1. The molecule has 0 aromatic carbocycles. The van der Waals surface area contributed by atoms with Gasteiger partial charge in [0, 0.05) is 0 Å². The Hall–Kier alpha value is -1.21. The van der Waals surface area contributed by atoms with E-state index in [0.29, 0.717) is 0 Å². The molecule has 0 fully saturated rings. The zero-order valence-electron chi connectivity index (χ0n) is 5.39. The van der Waals surface area contributed by atoms with Gasteiger partial charge in [-0.15, -0.1) is 0 Å². The number of aliphatic hydroxyl groups excluding tert-OH is 1. The van der Waals surface area contributed by atoms with Gasteiger partial charge in [0.15, 0.2) is 0 Å². The number of aliphatic hydroxyl groups is 1. The zero-order chi connectivity index (χ0) is 7.56. The van der Waals surface area contributed by atoms with Gasteiger partial charge in [-0.2, -0.15) is 0 Å². The second kappa shape index (κ2) is 2.58. The molecule has 1 rings (SSSR count). The number of rotatable bonds is 2. The van der Waals surface area contributed by atoms with Crippen molar-refractivity contribution in [1.29, 1.82) is 0 Å². The molecule has 1 aromatic rings. The number of nitrogens with zero attached hydrogens (tertiary/aromatic N) is 4. The van der Waals surface area contributed by atoms with Crippen LogP contribution >= 0.6 is 0 Å². The molecule has 0 saturated carbocycles. The number of nitrogens with one attached hydrogen (secondary N) is 1. The van der Waals surface area contributed by atoms with Gasteiger partial charge in [0.2, 0.25) is 0 Å². The van der Waals surface area contributed by atoms with Crippen molar-refractivity contribution in [1.82, 2.24) is 20.6 Å². The number of tetrazole rings is 1.